The van der Waals surface area contributed by atoms with Crippen molar-refractivity contribution in [3.05, 3.63) is 59.8 Å². The number of nitrogens with zero attached hydrogens (tertiary/aromatic N) is 2. The third kappa shape index (κ3) is 2.26. The Balaban J connectivity index is 1.98. The molecule has 0 unspecified atom stereocenters. The maximum atomic E-state index is 5.68. The molecule has 0 aliphatic rings. The van der Waals surface area contributed by atoms with Gasteiger partial charge in [0.15, 0.2) is 0 Å². The van der Waals surface area contributed by atoms with E-state index in [1.54, 1.807) is 7.11 Å². The Kier molecular flexibility index (Phi) is 3.39. The highest BCUT2D eigenvalue weighted by Crippen LogP contribution is 2.25. The van der Waals surface area contributed by atoms with Gasteiger partial charge < -0.3 is 10.5 Å². The zero-order valence-corrected chi connectivity index (χ0v) is 11.4. The predicted molar refractivity (Wildman–Crippen MR) is 79.7 cm³/mol. The highest BCUT2D eigenvalue weighted by atomic mass is 16.5. The van der Waals surface area contributed by atoms with Crippen LogP contribution in [0.5, 0.6) is 5.75 Å². The minimum absolute atomic E-state index is 0.557. The number of hydrogen-bond donors (Lipinski definition) is 1. The monoisotopic (exact) mass is 267 g/mol. The Labute approximate surface area is 117 Å². The highest BCUT2D eigenvalue weighted by Gasteiger charge is 2.07. The summed E-state index contributed by atoms with van der Waals surface area (Å²) in [6, 6.07) is 14.3. The van der Waals surface area contributed by atoms with Gasteiger partial charge in [-0.15, -0.1) is 0 Å². The lowest BCUT2D eigenvalue weighted by Gasteiger charge is -2.06. The van der Waals surface area contributed by atoms with Crippen LogP contribution in [0.1, 0.15) is 11.1 Å². The average Bonchev–Trinajstić information content (AvgIpc) is 2.90. The first-order valence-corrected chi connectivity index (χ1v) is 6.58. The van der Waals surface area contributed by atoms with E-state index in [2.05, 4.69) is 23.3 Å². The van der Waals surface area contributed by atoms with Gasteiger partial charge in [-0.25, -0.2) is 0 Å². The molecule has 2 aromatic carbocycles. The van der Waals surface area contributed by atoms with Crippen molar-refractivity contribution in [3.8, 4) is 5.75 Å². The number of hydrogen-bond acceptors (Lipinski definition) is 3. The second-order valence-electron chi connectivity index (χ2n) is 4.72. The third-order valence-electron chi connectivity index (χ3n) is 3.43. The molecule has 2 N–H and O–H groups in total. The first-order chi connectivity index (χ1) is 9.81. The third-order valence-corrected chi connectivity index (χ3v) is 3.43. The molecular weight excluding hydrogens is 250 g/mol. The van der Waals surface area contributed by atoms with Gasteiger partial charge in [-0.1, -0.05) is 30.3 Å². The van der Waals surface area contributed by atoms with Gasteiger partial charge in [0, 0.05) is 6.54 Å². The highest BCUT2D eigenvalue weighted by molar-refractivity contribution is 5.85. The van der Waals surface area contributed by atoms with Crippen LogP contribution in [0, 0.1) is 0 Å². The summed E-state index contributed by atoms with van der Waals surface area (Å²) >= 11 is 0. The van der Waals surface area contributed by atoms with Gasteiger partial charge in [0.25, 0.3) is 0 Å². The fourth-order valence-corrected chi connectivity index (χ4v) is 2.41. The number of benzene rings is 2. The lowest BCUT2D eigenvalue weighted by Crippen LogP contribution is -2.03. The van der Waals surface area contributed by atoms with Gasteiger partial charge >= 0.3 is 0 Å². The van der Waals surface area contributed by atoms with Gasteiger partial charge in [-0.05, 0) is 23.3 Å². The molecule has 1 heterocycles. The molecule has 0 atom stereocenters. The topological polar surface area (TPSA) is 53.1 Å². The van der Waals surface area contributed by atoms with Crippen LogP contribution in [-0.4, -0.2) is 16.9 Å². The van der Waals surface area contributed by atoms with Gasteiger partial charge in [-0.3, -0.25) is 4.68 Å². The quantitative estimate of drug-likeness (QED) is 0.790. The SMILES string of the molecule is COc1cccc2c1cnn2Cc1cccc(CN)c1. The molecule has 0 saturated heterocycles. The standard InChI is InChI=1S/C16H17N3O/c1-20-16-7-3-6-15-14(16)10-18-19(15)11-13-5-2-4-12(8-13)9-17/h2-8,10H,9,11,17H2,1H3. The predicted octanol–water partition coefficient (Wildman–Crippen LogP) is 2.55. The van der Waals surface area contributed by atoms with Crippen LogP contribution in [0.3, 0.4) is 0 Å². The molecule has 4 heteroatoms. The lowest BCUT2D eigenvalue weighted by atomic mass is 10.1. The van der Waals surface area contributed by atoms with Gasteiger partial charge in [-0.2, -0.15) is 5.10 Å². The second-order valence-corrected chi connectivity index (χ2v) is 4.72. The minimum Gasteiger partial charge on any atom is -0.496 e. The first-order valence-electron chi connectivity index (χ1n) is 6.58. The zero-order valence-electron chi connectivity index (χ0n) is 11.4. The Morgan fingerprint density at radius 3 is 2.75 bits per heavy atom. The molecule has 3 aromatic rings. The maximum absolute atomic E-state index is 5.68. The van der Waals surface area contributed by atoms with Gasteiger partial charge in [0.2, 0.25) is 0 Å². The maximum Gasteiger partial charge on any atom is 0.129 e. The molecule has 3 rings (SSSR count). The molecule has 102 valence electrons. The summed E-state index contributed by atoms with van der Waals surface area (Å²) < 4.78 is 7.34. The Hall–Kier alpha value is -2.33. The second kappa shape index (κ2) is 5.35. The number of ether oxygens (including phenoxy) is 1. The zero-order chi connectivity index (χ0) is 13.9. The minimum atomic E-state index is 0.557. The normalized spacial score (nSPS) is 10.9. The first kappa shape index (κ1) is 12.7. The summed E-state index contributed by atoms with van der Waals surface area (Å²) in [7, 11) is 1.68. The van der Waals surface area contributed by atoms with E-state index in [1.165, 1.54) is 5.56 Å². The molecule has 20 heavy (non-hydrogen) atoms. The van der Waals surface area contributed by atoms with Crippen molar-refractivity contribution in [1.82, 2.24) is 9.78 Å². The van der Waals surface area contributed by atoms with E-state index in [1.807, 2.05) is 35.1 Å². The number of methoxy groups -OCH3 is 1. The molecule has 0 amide bonds. The van der Waals surface area contributed by atoms with E-state index in [0.29, 0.717) is 6.54 Å². The van der Waals surface area contributed by atoms with Crippen molar-refractivity contribution in [2.24, 2.45) is 5.73 Å². The number of nitrogens with two attached hydrogens (primary N) is 1. The number of fused-ring (bicyclic) bond motifs is 1. The van der Waals surface area contributed by atoms with Crippen LogP contribution >= 0.6 is 0 Å². The van der Waals surface area contributed by atoms with E-state index < -0.39 is 0 Å². The molecule has 4 nitrogen and oxygen atoms in total. The van der Waals surface area contributed by atoms with Crippen molar-refractivity contribution in [2.45, 2.75) is 13.1 Å². The number of aromatic nitrogens is 2. The van der Waals surface area contributed by atoms with Crippen LogP contribution in [0.15, 0.2) is 48.7 Å². The van der Waals surface area contributed by atoms with Crippen LogP contribution in [0.25, 0.3) is 10.9 Å². The summed E-state index contributed by atoms with van der Waals surface area (Å²) in [5, 5.41) is 5.49. The molecule has 0 aliphatic carbocycles. The summed E-state index contributed by atoms with van der Waals surface area (Å²) in [6.07, 6.45) is 1.85. The summed E-state index contributed by atoms with van der Waals surface area (Å²) in [6.45, 7) is 1.28. The lowest BCUT2D eigenvalue weighted by molar-refractivity contribution is 0.420. The van der Waals surface area contributed by atoms with Crippen molar-refractivity contribution >= 4 is 10.9 Å². The van der Waals surface area contributed by atoms with Gasteiger partial charge in [0.05, 0.1) is 30.8 Å². The summed E-state index contributed by atoms with van der Waals surface area (Å²) in [4.78, 5) is 0. The van der Waals surface area contributed by atoms with Crippen LogP contribution < -0.4 is 10.5 Å². The van der Waals surface area contributed by atoms with E-state index >= 15 is 0 Å². The van der Waals surface area contributed by atoms with E-state index in [0.717, 1.165) is 28.8 Å². The molecule has 0 aliphatic heterocycles. The molecular formula is C16H17N3O. The molecule has 0 bridgehead atoms. The van der Waals surface area contributed by atoms with Crippen LogP contribution in [-0.2, 0) is 13.1 Å². The fourth-order valence-electron chi connectivity index (χ4n) is 2.41. The largest absolute Gasteiger partial charge is 0.496 e. The Morgan fingerprint density at radius 2 is 1.95 bits per heavy atom. The summed E-state index contributed by atoms with van der Waals surface area (Å²) in [5.41, 5.74) is 9.08. The molecule has 0 spiro atoms. The van der Waals surface area contributed by atoms with E-state index in [-0.39, 0.29) is 0 Å². The summed E-state index contributed by atoms with van der Waals surface area (Å²) in [5.74, 6) is 0.851. The molecule has 1 aromatic heterocycles. The smallest absolute Gasteiger partial charge is 0.129 e. The van der Waals surface area contributed by atoms with Crippen molar-refractivity contribution in [3.63, 3.8) is 0 Å². The number of rotatable bonds is 4. The Bertz CT molecular complexity index is 733. The van der Waals surface area contributed by atoms with Crippen molar-refractivity contribution in [2.75, 3.05) is 7.11 Å². The fraction of sp³-hybridized carbons (Fsp3) is 0.188. The molecule has 0 fully saturated rings. The average molecular weight is 267 g/mol. The van der Waals surface area contributed by atoms with Crippen molar-refractivity contribution < 1.29 is 4.74 Å². The van der Waals surface area contributed by atoms with Crippen LogP contribution in [0.4, 0.5) is 0 Å². The van der Waals surface area contributed by atoms with Gasteiger partial charge in [0.1, 0.15) is 5.75 Å². The molecule has 0 radical (unpaired) electrons. The molecule has 0 saturated carbocycles. The van der Waals surface area contributed by atoms with Crippen molar-refractivity contribution in [1.29, 1.82) is 0 Å². The van der Waals surface area contributed by atoms with Crippen LogP contribution in [0.2, 0.25) is 0 Å². The van der Waals surface area contributed by atoms with E-state index in [9.17, 15) is 0 Å². The van der Waals surface area contributed by atoms with E-state index in [4.69, 9.17) is 10.5 Å². The Morgan fingerprint density at radius 1 is 1.15 bits per heavy atom.